The van der Waals surface area contributed by atoms with E-state index in [2.05, 4.69) is 10.3 Å². The highest BCUT2D eigenvalue weighted by Gasteiger charge is 2.52. The van der Waals surface area contributed by atoms with Gasteiger partial charge in [-0.05, 0) is 69.1 Å². The summed E-state index contributed by atoms with van der Waals surface area (Å²) < 4.78 is 45.3. The molecule has 3 heterocycles. The molecular formula is C29H32ClF3N4O4. The Kier molecular flexibility index (Phi) is 8.18. The fourth-order valence-electron chi connectivity index (χ4n) is 6.40. The number of halogens is 4. The molecule has 3 amide bonds. The number of para-hydroxylation sites is 1. The van der Waals surface area contributed by atoms with Crippen LogP contribution in [0.1, 0.15) is 67.1 Å². The monoisotopic (exact) mass is 592 g/mol. The number of anilines is 1. The predicted octanol–water partition coefficient (Wildman–Crippen LogP) is 5.58. The lowest BCUT2D eigenvalue weighted by atomic mass is 9.73. The summed E-state index contributed by atoms with van der Waals surface area (Å²) in [5, 5.41) is 2.67. The maximum atomic E-state index is 13.9. The molecule has 3 aliphatic rings. The Labute approximate surface area is 241 Å². The van der Waals surface area contributed by atoms with E-state index in [0.717, 1.165) is 23.5 Å². The van der Waals surface area contributed by atoms with Gasteiger partial charge in [0.15, 0.2) is 5.69 Å². The van der Waals surface area contributed by atoms with Crippen molar-refractivity contribution < 1.29 is 32.3 Å². The number of fused-ring (bicyclic) bond motifs is 2. The molecule has 1 aromatic heterocycles. The van der Waals surface area contributed by atoms with Crippen LogP contribution in [0.15, 0.2) is 36.5 Å². The van der Waals surface area contributed by atoms with Crippen LogP contribution in [0.3, 0.4) is 0 Å². The van der Waals surface area contributed by atoms with Crippen LogP contribution in [0.25, 0.3) is 0 Å². The van der Waals surface area contributed by atoms with Crippen molar-refractivity contribution >= 4 is 35.2 Å². The van der Waals surface area contributed by atoms with Gasteiger partial charge in [0.05, 0.1) is 22.6 Å². The molecule has 1 aliphatic carbocycles. The highest BCUT2D eigenvalue weighted by atomic mass is 35.5. The number of amides is 3. The maximum absolute atomic E-state index is 13.9. The summed E-state index contributed by atoms with van der Waals surface area (Å²) in [6, 6.07) is 8.50. The second-order valence-corrected chi connectivity index (χ2v) is 11.4. The lowest BCUT2D eigenvalue weighted by Gasteiger charge is -2.38. The molecule has 1 N–H and O–H groups in total. The van der Waals surface area contributed by atoms with Gasteiger partial charge in [-0.3, -0.25) is 9.59 Å². The van der Waals surface area contributed by atoms with E-state index < -0.39 is 28.8 Å². The summed E-state index contributed by atoms with van der Waals surface area (Å²) in [5.74, 6) is -0.630. The number of benzene rings is 1. The van der Waals surface area contributed by atoms with E-state index in [1.807, 2.05) is 29.2 Å². The lowest BCUT2D eigenvalue weighted by Crippen LogP contribution is -2.51. The minimum Gasteiger partial charge on any atom is -0.450 e. The van der Waals surface area contributed by atoms with Crippen molar-refractivity contribution in [2.75, 3.05) is 31.1 Å². The van der Waals surface area contributed by atoms with Gasteiger partial charge in [0.1, 0.15) is 0 Å². The Hall–Kier alpha value is -3.34. The van der Waals surface area contributed by atoms with Gasteiger partial charge in [-0.1, -0.05) is 29.8 Å². The summed E-state index contributed by atoms with van der Waals surface area (Å²) >= 11 is 5.82. The molecule has 12 heteroatoms. The molecule has 5 rings (SSSR count). The number of likely N-dealkylation sites (tertiary alicyclic amines) is 1. The van der Waals surface area contributed by atoms with Gasteiger partial charge >= 0.3 is 12.3 Å². The van der Waals surface area contributed by atoms with E-state index >= 15 is 0 Å². The SMILES string of the molecule is CCOC(=O)N1CCC2(CC1)C(=O)N(C[C@H]1CC[C@H](NC(=O)c3cc(Cl)cnc3C(F)(F)F)CC1)c1ccccc12. The van der Waals surface area contributed by atoms with E-state index in [9.17, 15) is 27.6 Å². The van der Waals surface area contributed by atoms with Gasteiger partial charge in [-0.15, -0.1) is 0 Å². The zero-order valence-electron chi connectivity index (χ0n) is 22.7. The number of pyridine rings is 1. The molecule has 2 aliphatic heterocycles. The predicted molar refractivity (Wildman–Crippen MR) is 146 cm³/mol. The summed E-state index contributed by atoms with van der Waals surface area (Å²) in [6.07, 6.45) is -0.642. The molecule has 0 atom stereocenters. The number of piperidine rings is 1. The van der Waals surface area contributed by atoms with Crippen LogP contribution < -0.4 is 10.2 Å². The Morgan fingerprint density at radius 2 is 1.83 bits per heavy atom. The highest BCUT2D eigenvalue weighted by molar-refractivity contribution is 6.30. The smallest absolute Gasteiger partial charge is 0.434 e. The normalized spacial score (nSPS) is 22.0. The van der Waals surface area contributed by atoms with Gasteiger partial charge in [0.2, 0.25) is 5.91 Å². The number of hydrogen-bond donors (Lipinski definition) is 1. The molecule has 1 spiro atoms. The first-order valence-corrected chi connectivity index (χ1v) is 14.3. The second kappa shape index (κ2) is 11.5. The first-order chi connectivity index (χ1) is 19.5. The van der Waals surface area contributed by atoms with Gasteiger partial charge in [0.25, 0.3) is 5.91 Å². The molecule has 41 heavy (non-hydrogen) atoms. The standard InChI is InChI=1S/C29H32ClF3N4O4/c1-2-41-27(40)36-13-11-28(12-14-36)22-5-3-4-6-23(22)37(26(28)39)17-18-7-9-20(10-8-18)35-25(38)21-15-19(30)16-34-24(21)29(31,32)33/h3-6,15-16,18,20H,2,7-14,17H2,1H3,(H,35,38)/t18-,20-. The van der Waals surface area contributed by atoms with Crippen molar-refractivity contribution in [1.29, 1.82) is 0 Å². The van der Waals surface area contributed by atoms with Crippen LogP contribution in [0.2, 0.25) is 5.02 Å². The van der Waals surface area contributed by atoms with Crippen molar-refractivity contribution in [1.82, 2.24) is 15.2 Å². The molecule has 2 aromatic rings. The topological polar surface area (TPSA) is 91.8 Å². The summed E-state index contributed by atoms with van der Waals surface area (Å²) in [4.78, 5) is 45.8. The largest absolute Gasteiger partial charge is 0.450 e. The molecule has 220 valence electrons. The lowest BCUT2D eigenvalue weighted by molar-refractivity contribution is -0.141. The summed E-state index contributed by atoms with van der Waals surface area (Å²) in [5.41, 5.74) is -0.644. The maximum Gasteiger partial charge on any atom is 0.434 e. The zero-order chi connectivity index (χ0) is 29.4. The molecule has 2 fully saturated rings. The van der Waals surface area contributed by atoms with E-state index in [1.54, 1.807) is 11.8 Å². The van der Waals surface area contributed by atoms with E-state index in [1.165, 1.54) is 0 Å². The number of aromatic nitrogens is 1. The number of ether oxygens (including phenoxy) is 1. The first kappa shape index (κ1) is 29.2. The number of carbonyl (C=O) groups is 3. The second-order valence-electron chi connectivity index (χ2n) is 10.9. The Bertz CT molecular complexity index is 1320. The van der Waals surface area contributed by atoms with Crippen molar-refractivity contribution in [2.24, 2.45) is 5.92 Å². The van der Waals surface area contributed by atoms with Gasteiger partial charge in [0, 0.05) is 37.6 Å². The molecule has 1 saturated carbocycles. The quantitative estimate of drug-likeness (QED) is 0.489. The Balaban J connectivity index is 1.22. The van der Waals surface area contributed by atoms with Gasteiger partial charge in [-0.2, -0.15) is 13.2 Å². The van der Waals surface area contributed by atoms with Crippen molar-refractivity contribution in [3.63, 3.8) is 0 Å². The van der Waals surface area contributed by atoms with Crippen LogP contribution in [0.5, 0.6) is 0 Å². The summed E-state index contributed by atoms with van der Waals surface area (Å²) in [7, 11) is 0. The Morgan fingerprint density at radius 3 is 2.49 bits per heavy atom. The number of carbonyl (C=O) groups excluding carboxylic acids is 3. The average Bonchev–Trinajstić information content (AvgIpc) is 3.16. The van der Waals surface area contributed by atoms with Crippen molar-refractivity contribution in [2.45, 2.75) is 63.1 Å². The number of nitrogens with zero attached hydrogens (tertiary/aromatic N) is 3. The third-order valence-electron chi connectivity index (χ3n) is 8.50. The minimum atomic E-state index is -4.78. The fraction of sp³-hybridized carbons (Fsp3) is 0.517. The van der Waals surface area contributed by atoms with Gasteiger partial charge in [-0.25, -0.2) is 9.78 Å². The molecule has 1 aromatic carbocycles. The molecule has 0 radical (unpaired) electrons. The highest BCUT2D eigenvalue weighted by Crippen LogP contribution is 2.48. The van der Waals surface area contributed by atoms with Gasteiger partial charge < -0.3 is 19.9 Å². The molecule has 0 bridgehead atoms. The van der Waals surface area contributed by atoms with E-state index in [0.29, 0.717) is 64.8 Å². The third kappa shape index (κ3) is 5.73. The fourth-order valence-corrected chi connectivity index (χ4v) is 6.55. The molecule has 8 nitrogen and oxygen atoms in total. The molecule has 1 saturated heterocycles. The Morgan fingerprint density at radius 1 is 1.15 bits per heavy atom. The van der Waals surface area contributed by atoms with E-state index in [-0.39, 0.29) is 29.0 Å². The number of rotatable bonds is 5. The summed E-state index contributed by atoms with van der Waals surface area (Å²) in [6.45, 7) is 3.47. The number of nitrogens with one attached hydrogen (secondary N) is 1. The van der Waals surface area contributed by atoms with Crippen molar-refractivity contribution in [3.05, 3.63) is 58.4 Å². The van der Waals surface area contributed by atoms with Crippen LogP contribution in [0.4, 0.5) is 23.7 Å². The van der Waals surface area contributed by atoms with Crippen LogP contribution in [-0.2, 0) is 21.1 Å². The number of hydrogen-bond acceptors (Lipinski definition) is 5. The third-order valence-corrected chi connectivity index (χ3v) is 8.70. The van der Waals surface area contributed by atoms with Crippen LogP contribution >= 0.6 is 11.6 Å². The zero-order valence-corrected chi connectivity index (χ0v) is 23.4. The van der Waals surface area contributed by atoms with Crippen molar-refractivity contribution in [3.8, 4) is 0 Å². The average molecular weight is 593 g/mol. The van der Waals surface area contributed by atoms with E-state index in [4.69, 9.17) is 16.3 Å². The van der Waals surface area contributed by atoms with Crippen LogP contribution in [0, 0.1) is 5.92 Å². The first-order valence-electron chi connectivity index (χ1n) is 13.9. The molecular weight excluding hydrogens is 561 g/mol. The van der Waals surface area contributed by atoms with Crippen LogP contribution in [-0.4, -0.2) is 60.1 Å². The minimum absolute atomic E-state index is 0.0470. The molecule has 0 unspecified atom stereocenters. The number of alkyl halides is 3.